The summed E-state index contributed by atoms with van der Waals surface area (Å²) in [7, 11) is 0. The lowest BCUT2D eigenvalue weighted by Gasteiger charge is -2.12. The molecule has 1 aromatic carbocycles. The van der Waals surface area contributed by atoms with Gasteiger partial charge in [0.05, 0.1) is 16.8 Å². The number of carbonyl (C=O) groups excluding carboxylic acids is 1. The molecule has 6 heteroatoms. The van der Waals surface area contributed by atoms with E-state index in [4.69, 9.17) is 9.15 Å². The first-order valence-corrected chi connectivity index (χ1v) is 7.55. The van der Waals surface area contributed by atoms with Crippen molar-refractivity contribution in [3.63, 3.8) is 0 Å². The predicted octanol–water partition coefficient (Wildman–Crippen LogP) is 4.06. The van der Waals surface area contributed by atoms with Crippen LogP contribution in [0.25, 0.3) is 0 Å². The standard InChI is InChI=1S/C14H13Br2NO3/c1-9(12-3-2-6-19-12)17-14(18)8-20-13-5-4-10(15)7-11(13)16/h2-7,9H,8H2,1H3,(H,17,18)/t9-/m1/s1. The number of ether oxygens (including phenoxy) is 1. The molecule has 1 amide bonds. The van der Waals surface area contributed by atoms with Gasteiger partial charge < -0.3 is 14.5 Å². The number of hydrogen-bond acceptors (Lipinski definition) is 3. The van der Waals surface area contributed by atoms with Gasteiger partial charge in [0.15, 0.2) is 6.61 Å². The van der Waals surface area contributed by atoms with Crippen molar-refractivity contribution in [3.05, 3.63) is 51.3 Å². The molecule has 1 atom stereocenters. The van der Waals surface area contributed by atoms with Crippen molar-refractivity contribution in [2.45, 2.75) is 13.0 Å². The molecule has 2 aromatic rings. The molecule has 0 bridgehead atoms. The highest BCUT2D eigenvalue weighted by Gasteiger charge is 2.12. The molecule has 0 unspecified atom stereocenters. The number of rotatable bonds is 5. The molecule has 0 aliphatic rings. The lowest BCUT2D eigenvalue weighted by Crippen LogP contribution is -2.31. The van der Waals surface area contributed by atoms with Crippen LogP contribution in [0.1, 0.15) is 18.7 Å². The Morgan fingerprint density at radius 2 is 2.20 bits per heavy atom. The molecule has 2 rings (SSSR count). The van der Waals surface area contributed by atoms with E-state index in [9.17, 15) is 4.79 Å². The van der Waals surface area contributed by atoms with E-state index in [1.54, 1.807) is 18.4 Å². The van der Waals surface area contributed by atoms with Crippen molar-refractivity contribution >= 4 is 37.8 Å². The maximum Gasteiger partial charge on any atom is 0.258 e. The summed E-state index contributed by atoms with van der Waals surface area (Å²) >= 11 is 6.73. The van der Waals surface area contributed by atoms with Crippen LogP contribution in [-0.2, 0) is 4.79 Å². The van der Waals surface area contributed by atoms with Crippen LogP contribution in [0.15, 0.2) is 50.0 Å². The van der Waals surface area contributed by atoms with Gasteiger partial charge in [0, 0.05) is 4.47 Å². The monoisotopic (exact) mass is 401 g/mol. The summed E-state index contributed by atoms with van der Waals surface area (Å²) in [6.07, 6.45) is 1.58. The number of furan rings is 1. The Hall–Kier alpha value is -1.27. The summed E-state index contributed by atoms with van der Waals surface area (Å²) in [4.78, 5) is 11.8. The van der Waals surface area contributed by atoms with Gasteiger partial charge in [-0.15, -0.1) is 0 Å². The average Bonchev–Trinajstić information content (AvgIpc) is 2.91. The molecule has 0 saturated heterocycles. The lowest BCUT2D eigenvalue weighted by atomic mass is 10.2. The first kappa shape index (κ1) is 15.1. The van der Waals surface area contributed by atoms with Crippen LogP contribution in [0, 0.1) is 0 Å². The van der Waals surface area contributed by atoms with E-state index in [0.717, 1.165) is 8.95 Å². The smallest absolute Gasteiger partial charge is 0.258 e. The van der Waals surface area contributed by atoms with Crippen LogP contribution < -0.4 is 10.1 Å². The maximum absolute atomic E-state index is 11.8. The highest BCUT2D eigenvalue weighted by Crippen LogP contribution is 2.28. The number of nitrogens with one attached hydrogen (secondary N) is 1. The second kappa shape index (κ2) is 6.95. The molecule has 0 aliphatic carbocycles. The van der Waals surface area contributed by atoms with Crippen molar-refractivity contribution in [2.24, 2.45) is 0 Å². The normalized spacial score (nSPS) is 11.9. The molecule has 106 valence electrons. The number of carbonyl (C=O) groups is 1. The van der Waals surface area contributed by atoms with E-state index in [1.807, 2.05) is 25.1 Å². The zero-order valence-corrected chi connectivity index (χ0v) is 13.9. The third-order valence-corrected chi connectivity index (χ3v) is 3.71. The van der Waals surface area contributed by atoms with Gasteiger partial charge in [-0.1, -0.05) is 15.9 Å². The van der Waals surface area contributed by atoms with Crippen molar-refractivity contribution in [1.29, 1.82) is 0 Å². The molecule has 0 aliphatic heterocycles. The van der Waals surface area contributed by atoms with Gasteiger partial charge in [0.2, 0.25) is 0 Å². The first-order chi connectivity index (χ1) is 9.56. The minimum Gasteiger partial charge on any atom is -0.483 e. The van der Waals surface area contributed by atoms with Crippen molar-refractivity contribution in [1.82, 2.24) is 5.32 Å². The number of halogens is 2. The summed E-state index contributed by atoms with van der Waals surface area (Å²) in [5.74, 6) is 1.13. The molecular weight excluding hydrogens is 390 g/mol. The fraction of sp³-hybridized carbons (Fsp3) is 0.214. The van der Waals surface area contributed by atoms with Gasteiger partial charge in [0.25, 0.3) is 5.91 Å². The highest BCUT2D eigenvalue weighted by molar-refractivity contribution is 9.11. The first-order valence-electron chi connectivity index (χ1n) is 5.97. The fourth-order valence-electron chi connectivity index (χ4n) is 1.63. The van der Waals surface area contributed by atoms with E-state index in [0.29, 0.717) is 11.5 Å². The molecule has 0 spiro atoms. The Labute approximate surface area is 133 Å². The minimum atomic E-state index is -0.205. The van der Waals surface area contributed by atoms with Crippen molar-refractivity contribution < 1.29 is 13.9 Å². The van der Waals surface area contributed by atoms with Gasteiger partial charge >= 0.3 is 0 Å². The number of amides is 1. The number of hydrogen-bond donors (Lipinski definition) is 1. The molecular formula is C14H13Br2NO3. The molecule has 0 radical (unpaired) electrons. The molecule has 0 fully saturated rings. The molecule has 0 saturated carbocycles. The largest absolute Gasteiger partial charge is 0.483 e. The Balaban J connectivity index is 1.86. The molecule has 1 N–H and O–H groups in total. The third kappa shape index (κ3) is 4.11. The summed E-state index contributed by atoms with van der Waals surface area (Å²) in [6, 6.07) is 8.92. The van der Waals surface area contributed by atoms with Crippen LogP contribution in [0.4, 0.5) is 0 Å². The topological polar surface area (TPSA) is 51.5 Å². The predicted molar refractivity (Wildman–Crippen MR) is 82.6 cm³/mol. The maximum atomic E-state index is 11.8. The molecule has 1 heterocycles. The van der Waals surface area contributed by atoms with Gasteiger partial charge in [0.1, 0.15) is 11.5 Å². The second-order valence-electron chi connectivity index (χ2n) is 4.17. The van der Waals surface area contributed by atoms with Crippen LogP contribution in [-0.4, -0.2) is 12.5 Å². The van der Waals surface area contributed by atoms with Crippen molar-refractivity contribution in [3.8, 4) is 5.75 Å². The van der Waals surface area contributed by atoms with Gasteiger partial charge in [-0.2, -0.15) is 0 Å². The molecule has 20 heavy (non-hydrogen) atoms. The van der Waals surface area contributed by atoms with E-state index in [1.165, 1.54) is 0 Å². The van der Waals surface area contributed by atoms with Crippen LogP contribution in [0.2, 0.25) is 0 Å². The SMILES string of the molecule is C[C@@H](NC(=O)COc1ccc(Br)cc1Br)c1ccco1. The molecule has 4 nitrogen and oxygen atoms in total. The van der Waals surface area contributed by atoms with Gasteiger partial charge in [-0.05, 0) is 53.2 Å². The van der Waals surface area contributed by atoms with Crippen LogP contribution in [0.3, 0.4) is 0 Å². The Kier molecular flexibility index (Phi) is 5.25. The quantitative estimate of drug-likeness (QED) is 0.820. The van der Waals surface area contributed by atoms with Crippen LogP contribution >= 0.6 is 31.9 Å². The van der Waals surface area contributed by atoms with E-state index < -0.39 is 0 Å². The fourth-order valence-corrected chi connectivity index (χ4v) is 2.79. The van der Waals surface area contributed by atoms with E-state index >= 15 is 0 Å². The summed E-state index contributed by atoms with van der Waals surface area (Å²) < 4.78 is 12.4. The summed E-state index contributed by atoms with van der Waals surface area (Å²) in [5.41, 5.74) is 0. The second-order valence-corrected chi connectivity index (χ2v) is 5.94. The zero-order valence-electron chi connectivity index (χ0n) is 10.7. The van der Waals surface area contributed by atoms with E-state index in [-0.39, 0.29) is 18.6 Å². The van der Waals surface area contributed by atoms with Gasteiger partial charge in [-0.3, -0.25) is 4.79 Å². The minimum absolute atomic E-state index is 0.0503. The highest BCUT2D eigenvalue weighted by atomic mass is 79.9. The Morgan fingerprint density at radius 1 is 1.40 bits per heavy atom. The van der Waals surface area contributed by atoms with Gasteiger partial charge in [-0.25, -0.2) is 0 Å². The number of benzene rings is 1. The average molecular weight is 403 g/mol. The summed E-state index contributed by atoms with van der Waals surface area (Å²) in [5, 5.41) is 2.80. The van der Waals surface area contributed by atoms with Crippen molar-refractivity contribution in [2.75, 3.05) is 6.61 Å². The van der Waals surface area contributed by atoms with Crippen LogP contribution in [0.5, 0.6) is 5.75 Å². The Morgan fingerprint density at radius 3 is 2.85 bits per heavy atom. The zero-order chi connectivity index (χ0) is 14.5. The third-order valence-electron chi connectivity index (χ3n) is 2.60. The Bertz CT molecular complexity index is 584. The summed E-state index contributed by atoms with van der Waals surface area (Å²) in [6.45, 7) is 1.80. The lowest BCUT2D eigenvalue weighted by molar-refractivity contribution is -0.123. The van der Waals surface area contributed by atoms with E-state index in [2.05, 4.69) is 37.2 Å². The molecule has 1 aromatic heterocycles.